The largest absolute Gasteiger partial charge is 0.350 e. The number of sulfonamides is 1. The number of nitrogens with one attached hydrogen (secondary N) is 1. The summed E-state index contributed by atoms with van der Waals surface area (Å²) in [5.41, 5.74) is 1.85. The van der Waals surface area contributed by atoms with Gasteiger partial charge in [0.15, 0.2) is 0 Å². The zero-order chi connectivity index (χ0) is 19.7. The molecule has 28 heavy (non-hydrogen) atoms. The van der Waals surface area contributed by atoms with Gasteiger partial charge in [-0.1, -0.05) is 24.3 Å². The fourth-order valence-corrected chi connectivity index (χ4v) is 5.24. The third kappa shape index (κ3) is 3.43. The summed E-state index contributed by atoms with van der Waals surface area (Å²) in [5.74, 6) is -0.241. The molecule has 0 aliphatic carbocycles. The van der Waals surface area contributed by atoms with Crippen molar-refractivity contribution in [1.29, 1.82) is 0 Å². The second kappa shape index (κ2) is 7.41. The summed E-state index contributed by atoms with van der Waals surface area (Å²) in [6.07, 6.45) is 3.00. The van der Waals surface area contributed by atoms with Crippen molar-refractivity contribution in [1.82, 2.24) is 8.87 Å². The Morgan fingerprint density at radius 1 is 1.00 bits per heavy atom. The van der Waals surface area contributed by atoms with Crippen LogP contribution in [0, 0.1) is 5.92 Å². The Labute approximate surface area is 164 Å². The van der Waals surface area contributed by atoms with E-state index in [9.17, 15) is 13.2 Å². The number of fused-ring (bicyclic) bond motifs is 1. The van der Waals surface area contributed by atoms with Gasteiger partial charge in [-0.05, 0) is 43.2 Å². The minimum absolute atomic E-state index is 0.0480. The molecule has 1 amide bonds. The summed E-state index contributed by atoms with van der Waals surface area (Å²) in [5, 5.41) is 4.04. The minimum atomic E-state index is -3.50. The van der Waals surface area contributed by atoms with Crippen LogP contribution in [0.2, 0.25) is 0 Å². The predicted molar refractivity (Wildman–Crippen MR) is 109 cm³/mol. The molecule has 4 rings (SSSR count). The summed E-state index contributed by atoms with van der Waals surface area (Å²) in [6, 6.07) is 16.3. The average molecular weight is 398 g/mol. The summed E-state index contributed by atoms with van der Waals surface area (Å²) in [6.45, 7) is 0.704. The van der Waals surface area contributed by atoms with Gasteiger partial charge < -0.3 is 9.88 Å². The van der Waals surface area contributed by atoms with Crippen molar-refractivity contribution in [2.75, 3.05) is 18.4 Å². The topological polar surface area (TPSA) is 71.4 Å². The first kappa shape index (κ1) is 18.7. The van der Waals surface area contributed by atoms with Crippen molar-refractivity contribution in [3.63, 3.8) is 0 Å². The predicted octanol–water partition coefficient (Wildman–Crippen LogP) is 3.22. The van der Waals surface area contributed by atoms with Crippen LogP contribution >= 0.6 is 0 Å². The Bertz CT molecular complexity index is 1100. The van der Waals surface area contributed by atoms with Crippen LogP contribution in [0.3, 0.4) is 0 Å². The number of nitrogens with zero attached hydrogens (tertiary/aromatic N) is 2. The van der Waals surface area contributed by atoms with E-state index in [0.29, 0.717) is 30.8 Å². The van der Waals surface area contributed by atoms with E-state index in [4.69, 9.17) is 0 Å². The zero-order valence-electron chi connectivity index (χ0n) is 15.7. The highest BCUT2D eigenvalue weighted by atomic mass is 32.2. The number of hydrogen-bond acceptors (Lipinski definition) is 3. The molecule has 0 radical (unpaired) electrons. The second-order valence-electron chi connectivity index (χ2n) is 7.15. The molecule has 3 aromatic rings. The lowest BCUT2D eigenvalue weighted by atomic mass is 9.97. The highest BCUT2D eigenvalue weighted by Gasteiger charge is 2.32. The smallest absolute Gasteiger partial charge is 0.243 e. The van der Waals surface area contributed by atoms with Gasteiger partial charge in [-0.15, -0.1) is 0 Å². The van der Waals surface area contributed by atoms with Gasteiger partial charge in [-0.25, -0.2) is 8.42 Å². The Morgan fingerprint density at radius 3 is 2.43 bits per heavy atom. The van der Waals surface area contributed by atoms with Crippen LogP contribution in [-0.4, -0.2) is 36.3 Å². The lowest BCUT2D eigenvalue weighted by Crippen LogP contribution is -2.41. The van der Waals surface area contributed by atoms with E-state index >= 15 is 0 Å². The maximum atomic E-state index is 12.8. The SMILES string of the molecule is Cn1ccc2c(NC(=O)C3CCN(S(=O)(=O)c4ccccc4)CC3)cccc21. The molecule has 2 heterocycles. The fourth-order valence-electron chi connectivity index (χ4n) is 3.75. The molecule has 0 bridgehead atoms. The molecule has 1 aliphatic rings. The number of carbonyl (C=O) groups excluding carboxylic acids is 1. The molecular formula is C21H23N3O3S. The molecule has 6 nitrogen and oxygen atoms in total. The van der Waals surface area contributed by atoms with Crippen LogP contribution < -0.4 is 5.32 Å². The standard InChI is InChI=1S/C21H23N3O3S/c1-23-13-12-18-19(8-5-9-20(18)23)22-21(25)16-10-14-24(15-11-16)28(26,27)17-6-3-2-4-7-17/h2-9,12-13,16H,10-11,14-15H2,1H3,(H,22,25). The van der Waals surface area contributed by atoms with Crippen molar-refractivity contribution >= 4 is 32.5 Å². The van der Waals surface area contributed by atoms with Crippen LogP contribution in [0.1, 0.15) is 12.8 Å². The molecule has 0 unspecified atom stereocenters. The Balaban J connectivity index is 1.43. The van der Waals surface area contributed by atoms with Crippen molar-refractivity contribution in [2.24, 2.45) is 13.0 Å². The third-order valence-corrected chi connectivity index (χ3v) is 7.30. The summed E-state index contributed by atoms with van der Waals surface area (Å²) >= 11 is 0. The first-order chi connectivity index (χ1) is 13.5. The molecule has 0 atom stereocenters. The van der Waals surface area contributed by atoms with E-state index in [0.717, 1.165) is 16.6 Å². The van der Waals surface area contributed by atoms with Gasteiger partial charge >= 0.3 is 0 Å². The molecule has 1 N–H and O–H groups in total. The van der Waals surface area contributed by atoms with Crippen molar-refractivity contribution in [2.45, 2.75) is 17.7 Å². The number of amides is 1. The first-order valence-electron chi connectivity index (χ1n) is 9.37. The van der Waals surface area contributed by atoms with Crippen LogP contribution in [0.4, 0.5) is 5.69 Å². The van der Waals surface area contributed by atoms with Gasteiger partial charge in [-0.3, -0.25) is 4.79 Å². The molecule has 0 spiro atoms. The van der Waals surface area contributed by atoms with Crippen LogP contribution in [0.25, 0.3) is 10.9 Å². The number of benzene rings is 2. The average Bonchev–Trinajstić information content (AvgIpc) is 3.11. The quantitative estimate of drug-likeness (QED) is 0.735. The normalized spacial score (nSPS) is 16.3. The summed E-state index contributed by atoms with van der Waals surface area (Å²) in [4.78, 5) is 13.1. The van der Waals surface area contributed by atoms with Gasteiger partial charge in [0, 0.05) is 43.2 Å². The number of piperidine rings is 1. The first-order valence-corrected chi connectivity index (χ1v) is 10.8. The molecule has 1 aromatic heterocycles. The second-order valence-corrected chi connectivity index (χ2v) is 9.08. The fraction of sp³-hybridized carbons (Fsp3) is 0.286. The van der Waals surface area contributed by atoms with E-state index in [2.05, 4.69) is 5.32 Å². The van der Waals surface area contributed by atoms with Crippen molar-refractivity contribution in [3.05, 3.63) is 60.8 Å². The van der Waals surface area contributed by atoms with Gasteiger partial charge in [-0.2, -0.15) is 4.31 Å². The van der Waals surface area contributed by atoms with Gasteiger partial charge in [0.2, 0.25) is 15.9 Å². The van der Waals surface area contributed by atoms with E-state index in [-0.39, 0.29) is 11.8 Å². The van der Waals surface area contributed by atoms with Crippen LogP contribution in [0.15, 0.2) is 65.7 Å². The Kier molecular flexibility index (Phi) is 4.95. The molecule has 1 saturated heterocycles. The summed E-state index contributed by atoms with van der Waals surface area (Å²) in [7, 11) is -1.53. The Morgan fingerprint density at radius 2 is 1.71 bits per heavy atom. The molecule has 7 heteroatoms. The lowest BCUT2D eigenvalue weighted by molar-refractivity contribution is -0.120. The zero-order valence-corrected chi connectivity index (χ0v) is 16.5. The molecule has 0 saturated carbocycles. The number of aryl methyl sites for hydroxylation is 1. The summed E-state index contributed by atoms with van der Waals surface area (Å²) < 4.78 is 28.9. The number of carbonyl (C=O) groups is 1. The van der Waals surface area contributed by atoms with Gasteiger partial charge in [0.1, 0.15) is 0 Å². The number of aromatic nitrogens is 1. The number of hydrogen-bond donors (Lipinski definition) is 1. The number of anilines is 1. The highest BCUT2D eigenvalue weighted by molar-refractivity contribution is 7.89. The van der Waals surface area contributed by atoms with E-state index < -0.39 is 10.0 Å². The van der Waals surface area contributed by atoms with E-state index in [1.165, 1.54) is 4.31 Å². The molecule has 146 valence electrons. The third-order valence-electron chi connectivity index (χ3n) is 5.39. The van der Waals surface area contributed by atoms with Crippen LogP contribution in [0.5, 0.6) is 0 Å². The lowest BCUT2D eigenvalue weighted by Gasteiger charge is -2.30. The maximum Gasteiger partial charge on any atom is 0.243 e. The van der Waals surface area contributed by atoms with Gasteiger partial charge in [0.05, 0.1) is 10.6 Å². The molecular weight excluding hydrogens is 374 g/mol. The van der Waals surface area contributed by atoms with Gasteiger partial charge in [0.25, 0.3) is 0 Å². The Hall–Kier alpha value is -2.64. The molecule has 1 aliphatic heterocycles. The highest BCUT2D eigenvalue weighted by Crippen LogP contribution is 2.27. The molecule has 2 aromatic carbocycles. The van der Waals surface area contributed by atoms with E-state index in [1.807, 2.05) is 42.1 Å². The van der Waals surface area contributed by atoms with E-state index in [1.54, 1.807) is 30.3 Å². The van der Waals surface area contributed by atoms with Crippen molar-refractivity contribution in [3.8, 4) is 0 Å². The maximum absolute atomic E-state index is 12.8. The van der Waals surface area contributed by atoms with Crippen molar-refractivity contribution < 1.29 is 13.2 Å². The minimum Gasteiger partial charge on any atom is -0.350 e. The number of rotatable bonds is 4. The monoisotopic (exact) mass is 397 g/mol. The molecule has 1 fully saturated rings. The van der Waals surface area contributed by atoms with Crippen LogP contribution in [-0.2, 0) is 21.9 Å².